The van der Waals surface area contributed by atoms with E-state index < -0.39 is 24.3 Å². The second-order valence-electron chi connectivity index (χ2n) is 25.2. The minimum Gasteiger partial charge on any atom is -0.477 e. The predicted octanol–water partition coefficient (Wildman–Crippen LogP) is 22.6. The number of hydrogen-bond acceptors (Lipinski definition) is 7. The molecule has 0 amide bonds. The highest BCUT2D eigenvalue weighted by atomic mass is 16.7. The summed E-state index contributed by atoms with van der Waals surface area (Å²) in [4.78, 5) is 37.7. The number of carboxylic acids is 1. The fraction of sp³-hybridized carbons (Fsp3) is 0.731. The van der Waals surface area contributed by atoms with Gasteiger partial charge in [0.25, 0.3) is 6.29 Å². The largest absolute Gasteiger partial charge is 0.477 e. The summed E-state index contributed by atoms with van der Waals surface area (Å²) in [5, 5.41) is 9.75. The van der Waals surface area contributed by atoms with E-state index in [1.54, 1.807) is 0 Å². The normalized spacial score (nSPS) is 13.3. The summed E-state index contributed by atoms with van der Waals surface area (Å²) < 4.78 is 23.0. The van der Waals surface area contributed by atoms with Crippen LogP contribution < -0.4 is 0 Å². The number of ether oxygens (including phenoxy) is 4. The lowest BCUT2D eigenvalue weighted by molar-refractivity contribution is -0.870. The summed E-state index contributed by atoms with van der Waals surface area (Å²) in [6.45, 7) is 4.78. The van der Waals surface area contributed by atoms with Crippen molar-refractivity contribution in [2.24, 2.45) is 0 Å². The van der Waals surface area contributed by atoms with E-state index in [0.717, 1.165) is 89.9 Å². The first-order chi connectivity index (χ1) is 42.6. The van der Waals surface area contributed by atoms with Gasteiger partial charge in [0, 0.05) is 12.8 Å². The third kappa shape index (κ3) is 69.3. The first kappa shape index (κ1) is 83.0. The van der Waals surface area contributed by atoms with Crippen LogP contribution in [0.25, 0.3) is 0 Å². The van der Waals surface area contributed by atoms with Crippen molar-refractivity contribution in [3.05, 3.63) is 109 Å². The van der Waals surface area contributed by atoms with Crippen LogP contribution in [0.5, 0.6) is 0 Å². The van der Waals surface area contributed by atoms with Crippen molar-refractivity contribution in [2.45, 2.75) is 322 Å². The average molecular weight is 1220 g/mol. The van der Waals surface area contributed by atoms with Crippen molar-refractivity contribution in [2.75, 3.05) is 47.5 Å². The van der Waals surface area contributed by atoms with Gasteiger partial charge in [-0.3, -0.25) is 9.59 Å². The Morgan fingerprint density at radius 1 is 0.356 bits per heavy atom. The van der Waals surface area contributed by atoms with Gasteiger partial charge < -0.3 is 28.5 Å². The summed E-state index contributed by atoms with van der Waals surface area (Å²) in [5.74, 6) is -2.00. The van der Waals surface area contributed by atoms with E-state index in [-0.39, 0.29) is 32.2 Å². The van der Waals surface area contributed by atoms with Gasteiger partial charge in [0.05, 0.1) is 34.4 Å². The molecule has 1 N–H and O–H groups in total. The molecule has 9 heteroatoms. The van der Waals surface area contributed by atoms with Crippen LogP contribution in [0.3, 0.4) is 0 Å². The number of esters is 2. The molecule has 0 aromatic carbocycles. The highest BCUT2D eigenvalue weighted by Gasteiger charge is 2.25. The quantitative estimate of drug-likeness (QED) is 0.0211. The fourth-order valence-corrected chi connectivity index (χ4v) is 10.0. The summed E-state index contributed by atoms with van der Waals surface area (Å²) in [6.07, 6.45) is 92.0. The molecular weight excluding hydrogens is 1080 g/mol. The standard InChI is InChI=1S/C78H135NO8/c1-6-8-10-12-14-16-18-20-22-24-26-28-30-32-34-35-36-37-38-39-40-41-43-45-47-49-51-53-55-57-59-61-63-65-67-69-76(81)87-74(73-86-78(77(82)83)84-71-70-79(3,4)5)72-85-75(80)68-66-64-62-60-58-56-54-52-50-48-46-44-42-33-31-29-27-25-23-21-19-17-15-13-11-9-7-2/h8,10,14,16,19-22,25-28,31-34,36-37,74,78H,6-7,9,11-13,15,17-18,23-24,29-30,35,38-73H2,1-5H3/p+1/b10-8-,16-14-,21-19-,22-20-,27-25-,28-26-,33-31-,34-32-,37-36-. The van der Waals surface area contributed by atoms with E-state index in [1.165, 1.54) is 193 Å². The molecule has 0 spiro atoms. The molecule has 87 heavy (non-hydrogen) atoms. The molecule has 0 aromatic heterocycles. The number of carboxylic acid groups (broad SMARTS) is 1. The Morgan fingerprint density at radius 3 is 0.977 bits per heavy atom. The minimum absolute atomic E-state index is 0.184. The average Bonchev–Trinajstić information content (AvgIpc) is 3.56. The second kappa shape index (κ2) is 67.9. The minimum atomic E-state index is -1.52. The second-order valence-corrected chi connectivity index (χ2v) is 25.2. The van der Waals surface area contributed by atoms with Crippen molar-refractivity contribution >= 4 is 17.9 Å². The molecule has 0 saturated heterocycles. The molecule has 0 aliphatic carbocycles. The molecule has 500 valence electrons. The monoisotopic (exact) mass is 1220 g/mol. The number of rotatable bonds is 66. The number of carbonyl (C=O) groups is 3. The van der Waals surface area contributed by atoms with Crippen molar-refractivity contribution in [1.82, 2.24) is 0 Å². The van der Waals surface area contributed by atoms with Crippen LogP contribution in [0, 0.1) is 0 Å². The summed E-state index contributed by atoms with van der Waals surface area (Å²) >= 11 is 0. The molecule has 2 unspecified atom stereocenters. The summed E-state index contributed by atoms with van der Waals surface area (Å²) in [7, 11) is 5.98. The van der Waals surface area contributed by atoms with Gasteiger partial charge in [0.1, 0.15) is 13.2 Å². The van der Waals surface area contributed by atoms with Crippen molar-refractivity contribution in [3.8, 4) is 0 Å². The Hall–Kier alpha value is -4.05. The number of likely N-dealkylation sites (N-methyl/N-ethyl adjacent to an activating group) is 1. The highest BCUT2D eigenvalue weighted by Crippen LogP contribution is 2.17. The molecule has 0 rings (SSSR count). The zero-order valence-electron chi connectivity index (χ0n) is 57.2. The van der Waals surface area contributed by atoms with Crippen molar-refractivity contribution in [3.63, 3.8) is 0 Å². The molecule has 0 fully saturated rings. The van der Waals surface area contributed by atoms with Gasteiger partial charge >= 0.3 is 17.9 Å². The molecule has 9 nitrogen and oxygen atoms in total. The molecule has 0 aromatic rings. The SMILES string of the molecule is CC/C=C\C/C=C\C/C=C\C/C=C\C/C=C\C/C=C\CCCCCCCCCCCCCCCCCCC(=O)OC(COC(=O)CCCCCCCCCCCCCC/C=C\C/C=C\C/C=C\CCCCCCC)COC(OCC[N+](C)(C)C)C(=O)O. The molecule has 2 atom stereocenters. The van der Waals surface area contributed by atoms with Gasteiger partial charge in [-0.25, -0.2) is 4.79 Å². The number of quaternary nitrogens is 1. The van der Waals surface area contributed by atoms with Gasteiger partial charge in [0.2, 0.25) is 0 Å². The molecule has 0 saturated carbocycles. The van der Waals surface area contributed by atoms with Gasteiger partial charge in [-0.1, -0.05) is 303 Å². The first-order valence-corrected chi connectivity index (χ1v) is 36.1. The topological polar surface area (TPSA) is 108 Å². The van der Waals surface area contributed by atoms with Crippen LogP contribution in [0.4, 0.5) is 0 Å². The molecule has 0 radical (unpaired) electrons. The maximum absolute atomic E-state index is 13.0. The van der Waals surface area contributed by atoms with E-state index in [4.69, 9.17) is 18.9 Å². The third-order valence-corrected chi connectivity index (χ3v) is 15.5. The summed E-state index contributed by atoms with van der Waals surface area (Å²) in [5.41, 5.74) is 0. The van der Waals surface area contributed by atoms with E-state index >= 15 is 0 Å². The number of nitrogens with zero attached hydrogens (tertiary/aromatic N) is 1. The van der Waals surface area contributed by atoms with Crippen molar-refractivity contribution in [1.29, 1.82) is 0 Å². The Kier molecular flexibility index (Phi) is 64.7. The van der Waals surface area contributed by atoms with Gasteiger partial charge in [-0.2, -0.15) is 0 Å². The van der Waals surface area contributed by atoms with Crippen LogP contribution in [0.15, 0.2) is 109 Å². The molecule has 0 bridgehead atoms. The highest BCUT2D eigenvalue weighted by molar-refractivity contribution is 5.71. The summed E-state index contributed by atoms with van der Waals surface area (Å²) in [6, 6.07) is 0. The Balaban J connectivity index is 4.10. The molecule has 0 heterocycles. The fourth-order valence-electron chi connectivity index (χ4n) is 10.0. The van der Waals surface area contributed by atoms with Crippen LogP contribution in [-0.2, 0) is 33.3 Å². The third-order valence-electron chi connectivity index (χ3n) is 15.5. The van der Waals surface area contributed by atoms with Crippen LogP contribution in [0.1, 0.15) is 309 Å². The first-order valence-electron chi connectivity index (χ1n) is 36.1. The maximum atomic E-state index is 13.0. The Labute approximate surface area is 536 Å². The zero-order valence-corrected chi connectivity index (χ0v) is 57.2. The lowest BCUT2D eigenvalue weighted by Gasteiger charge is -2.25. The number of carbonyl (C=O) groups excluding carboxylic acids is 2. The van der Waals surface area contributed by atoms with E-state index in [9.17, 15) is 19.5 Å². The number of hydrogen-bond donors (Lipinski definition) is 1. The smallest absolute Gasteiger partial charge is 0.361 e. The van der Waals surface area contributed by atoms with Crippen LogP contribution in [0.2, 0.25) is 0 Å². The van der Waals surface area contributed by atoms with E-state index in [1.807, 2.05) is 21.1 Å². The number of unbranched alkanes of at least 4 members (excludes halogenated alkanes) is 33. The number of aliphatic carboxylic acids is 1. The van der Waals surface area contributed by atoms with E-state index in [2.05, 4.69) is 123 Å². The molecule has 0 aliphatic rings. The van der Waals surface area contributed by atoms with Gasteiger partial charge in [-0.15, -0.1) is 0 Å². The Bertz CT molecular complexity index is 1800. The molecular formula is C78H136NO8+. The lowest BCUT2D eigenvalue weighted by Crippen LogP contribution is -2.40. The van der Waals surface area contributed by atoms with E-state index in [0.29, 0.717) is 17.4 Å². The lowest BCUT2D eigenvalue weighted by atomic mass is 10.0. The van der Waals surface area contributed by atoms with Crippen molar-refractivity contribution < 1.29 is 42.9 Å². The molecule has 0 aliphatic heterocycles. The van der Waals surface area contributed by atoms with Crippen LogP contribution >= 0.6 is 0 Å². The van der Waals surface area contributed by atoms with Crippen LogP contribution in [-0.4, -0.2) is 87.4 Å². The zero-order chi connectivity index (χ0) is 63.3. The number of allylic oxidation sites excluding steroid dienone is 18. The Morgan fingerprint density at radius 2 is 0.655 bits per heavy atom. The van der Waals surface area contributed by atoms with Gasteiger partial charge in [0.15, 0.2) is 6.10 Å². The predicted molar refractivity (Wildman–Crippen MR) is 373 cm³/mol. The van der Waals surface area contributed by atoms with Gasteiger partial charge in [-0.05, 0) is 103 Å². The maximum Gasteiger partial charge on any atom is 0.361 e.